The second-order valence-corrected chi connectivity index (χ2v) is 8.63. The summed E-state index contributed by atoms with van der Waals surface area (Å²) in [6, 6.07) is 0.512. The van der Waals surface area contributed by atoms with Gasteiger partial charge in [0.2, 0.25) is 5.91 Å². The summed E-state index contributed by atoms with van der Waals surface area (Å²) in [6.07, 6.45) is 6.79. The van der Waals surface area contributed by atoms with Crippen molar-refractivity contribution in [3.63, 3.8) is 0 Å². The van der Waals surface area contributed by atoms with Crippen LogP contribution >= 0.6 is 12.4 Å². The Morgan fingerprint density at radius 3 is 2.71 bits per heavy atom. The van der Waals surface area contributed by atoms with E-state index in [1.54, 1.807) is 0 Å². The van der Waals surface area contributed by atoms with Gasteiger partial charge in [-0.25, -0.2) is 0 Å². The van der Waals surface area contributed by atoms with E-state index in [2.05, 4.69) is 31.0 Å². The largest absolute Gasteiger partial charge is 0.339 e. The molecule has 2 heterocycles. The summed E-state index contributed by atoms with van der Waals surface area (Å²) in [5.74, 6) is 1.15. The molecule has 2 aliphatic heterocycles. The molecule has 0 spiro atoms. The number of hydrogen-bond donors (Lipinski definition) is 1. The van der Waals surface area contributed by atoms with E-state index in [9.17, 15) is 4.79 Å². The van der Waals surface area contributed by atoms with Crippen LogP contribution in [0.4, 0.5) is 0 Å². The predicted octanol–water partition coefficient (Wildman–Crippen LogP) is 3.23. The van der Waals surface area contributed by atoms with Gasteiger partial charge >= 0.3 is 0 Å². The summed E-state index contributed by atoms with van der Waals surface area (Å²) in [5.41, 5.74) is 0.777. The van der Waals surface area contributed by atoms with Crippen molar-refractivity contribution in [2.45, 2.75) is 65.3 Å². The highest BCUT2D eigenvalue weighted by molar-refractivity contribution is 5.85. The van der Waals surface area contributed by atoms with Gasteiger partial charge < -0.3 is 10.2 Å². The van der Waals surface area contributed by atoms with E-state index in [4.69, 9.17) is 0 Å². The number of carbonyl (C=O) groups is 1. The number of hydrogen-bond acceptors (Lipinski definition) is 2. The number of amides is 1. The van der Waals surface area contributed by atoms with Crippen LogP contribution in [0.2, 0.25) is 0 Å². The average molecular weight is 315 g/mol. The van der Waals surface area contributed by atoms with Crippen LogP contribution in [0.15, 0.2) is 0 Å². The molecule has 4 heteroatoms. The fraction of sp³-hybridized carbons (Fsp3) is 0.941. The van der Waals surface area contributed by atoms with Crippen LogP contribution in [-0.2, 0) is 4.79 Å². The van der Waals surface area contributed by atoms with E-state index >= 15 is 0 Å². The van der Waals surface area contributed by atoms with Crippen molar-refractivity contribution in [3.05, 3.63) is 0 Å². The van der Waals surface area contributed by atoms with E-state index in [-0.39, 0.29) is 12.4 Å². The molecule has 0 radical (unpaired) electrons. The molecule has 2 bridgehead atoms. The fourth-order valence-electron chi connectivity index (χ4n) is 5.18. The third-order valence-corrected chi connectivity index (χ3v) is 5.66. The molecule has 0 aromatic rings. The van der Waals surface area contributed by atoms with Gasteiger partial charge in [0, 0.05) is 19.0 Å². The van der Waals surface area contributed by atoms with Gasteiger partial charge in [-0.05, 0) is 61.9 Å². The summed E-state index contributed by atoms with van der Waals surface area (Å²) >= 11 is 0. The minimum atomic E-state index is 0. The molecule has 3 unspecified atom stereocenters. The molecule has 3 nitrogen and oxygen atoms in total. The summed E-state index contributed by atoms with van der Waals surface area (Å²) in [7, 11) is 0. The summed E-state index contributed by atoms with van der Waals surface area (Å²) < 4.78 is 0. The SMILES string of the molecule is CC1(C)CC2CC(C)(CN2C(=O)CCC2CCNC2)C1.Cl. The smallest absolute Gasteiger partial charge is 0.222 e. The number of rotatable bonds is 3. The molecule has 122 valence electrons. The van der Waals surface area contributed by atoms with Gasteiger partial charge in [0.15, 0.2) is 0 Å². The molecule has 3 atom stereocenters. The van der Waals surface area contributed by atoms with Crippen LogP contribution < -0.4 is 5.32 Å². The summed E-state index contributed by atoms with van der Waals surface area (Å²) in [5, 5.41) is 3.39. The standard InChI is InChI=1S/C17H30N2O.ClH/c1-16(2)8-14-9-17(3,11-16)12-19(14)15(20)5-4-13-6-7-18-10-13;/h13-14,18H,4-12H2,1-3H3;1H. The quantitative estimate of drug-likeness (QED) is 0.867. The molecule has 1 saturated carbocycles. The van der Waals surface area contributed by atoms with Gasteiger partial charge in [0.1, 0.15) is 0 Å². The molecule has 2 saturated heterocycles. The van der Waals surface area contributed by atoms with Crippen molar-refractivity contribution >= 4 is 18.3 Å². The maximum atomic E-state index is 12.6. The summed E-state index contributed by atoms with van der Waals surface area (Å²) in [6.45, 7) is 10.4. The van der Waals surface area contributed by atoms with Crippen LogP contribution in [-0.4, -0.2) is 36.5 Å². The zero-order valence-corrected chi connectivity index (χ0v) is 14.6. The Hall–Kier alpha value is -0.280. The first-order valence-electron chi connectivity index (χ1n) is 8.37. The Morgan fingerprint density at radius 1 is 1.29 bits per heavy atom. The minimum absolute atomic E-state index is 0. The number of nitrogens with zero attached hydrogens (tertiary/aromatic N) is 1. The van der Waals surface area contributed by atoms with Crippen molar-refractivity contribution in [1.29, 1.82) is 0 Å². The van der Waals surface area contributed by atoms with Crippen LogP contribution in [0.1, 0.15) is 59.3 Å². The highest BCUT2D eigenvalue weighted by Crippen LogP contribution is 2.52. The Morgan fingerprint density at radius 2 is 2.05 bits per heavy atom. The molecule has 3 aliphatic rings. The molecule has 1 amide bonds. The lowest BCUT2D eigenvalue weighted by Crippen LogP contribution is -2.37. The van der Waals surface area contributed by atoms with Crippen molar-refractivity contribution in [3.8, 4) is 0 Å². The van der Waals surface area contributed by atoms with Gasteiger partial charge in [-0.1, -0.05) is 20.8 Å². The third-order valence-electron chi connectivity index (χ3n) is 5.66. The molecule has 0 aromatic heterocycles. The maximum absolute atomic E-state index is 12.6. The lowest BCUT2D eigenvalue weighted by Gasteiger charge is -2.39. The number of carbonyl (C=O) groups excluding carboxylic acids is 1. The van der Waals surface area contributed by atoms with Gasteiger partial charge in [0.05, 0.1) is 0 Å². The topological polar surface area (TPSA) is 32.3 Å². The van der Waals surface area contributed by atoms with Crippen LogP contribution in [0, 0.1) is 16.7 Å². The first kappa shape index (κ1) is 17.1. The highest BCUT2D eigenvalue weighted by Gasteiger charge is 2.50. The molecule has 1 aliphatic carbocycles. The zero-order chi connectivity index (χ0) is 14.4. The van der Waals surface area contributed by atoms with Crippen molar-refractivity contribution in [2.24, 2.45) is 16.7 Å². The Balaban J connectivity index is 0.00000161. The second-order valence-electron chi connectivity index (χ2n) is 8.63. The first-order valence-corrected chi connectivity index (χ1v) is 8.37. The van der Waals surface area contributed by atoms with Crippen molar-refractivity contribution < 1.29 is 4.79 Å². The fourth-order valence-corrected chi connectivity index (χ4v) is 5.18. The van der Waals surface area contributed by atoms with Gasteiger partial charge in [0.25, 0.3) is 0 Å². The second kappa shape index (κ2) is 6.08. The van der Waals surface area contributed by atoms with Crippen LogP contribution in [0.25, 0.3) is 0 Å². The maximum Gasteiger partial charge on any atom is 0.222 e. The summed E-state index contributed by atoms with van der Waals surface area (Å²) in [4.78, 5) is 14.8. The Bertz CT molecular complexity index is 392. The van der Waals surface area contributed by atoms with Crippen LogP contribution in [0.3, 0.4) is 0 Å². The van der Waals surface area contributed by atoms with Crippen molar-refractivity contribution in [1.82, 2.24) is 10.2 Å². The average Bonchev–Trinajstić information content (AvgIpc) is 2.91. The van der Waals surface area contributed by atoms with E-state index in [0.717, 1.165) is 38.4 Å². The first-order chi connectivity index (χ1) is 9.37. The Kier molecular flexibility index (Phi) is 4.94. The molecule has 3 fully saturated rings. The molecule has 1 N–H and O–H groups in total. The minimum Gasteiger partial charge on any atom is -0.339 e. The van der Waals surface area contributed by atoms with Gasteiger partial charge in [-0.3, -0.25) is 4.79 Å². The number of fused-ring (bicyclic) bond motifs is 2. The molecular weight excluding hydrogens is 284 g/mol. The van der Waals surface area contributed by atoms with E-state index < -0.39 is 0 Å². The van der Waals surface area contributed by atoms with E-state index in [0.29, 0.717) is 22.8 Å². The lowest BCUT2D eigenvalue weighted by atomic mass is 9.65. The van der Waals surface area contributed by atoms with Crippen molar-refractivity contribution in [2.75, 3.05) is 19.6 Å². The lowest BCUT2D eigenvalue weighted by molar-refractivity contribution is -0.132. The molecular formula is C17H31ClN2O. The Labute approximate surface area is 135 Å². The third kappa shape index (κ3) is 3.73. The molecule has 0 aromatic carbocycles. The number of nitrogens with one attached hydrogen (secondary N) is 1. The predicted molar refractivity (Wildman–Crippen MR) is 88.7 cm³/mol. The highest BCUT2D eigenvalue weighted by atomic mass is 35.5. The van der Waals surface area contributed by atoms with Crippen LogP contribution in [0.5, 0.6) is 0 Å². The number of halogens is 1. The van der Waals surface area contributed by atoms with E-state index in [1.807, 2.05) is 0 Å². The molecule has 3 rings (SSSR count). The van der Waals surface area contributed by atoms with Gasteiger partial charge in [-0.15, -0.1) is 12.4 Å². The molecule has 21 heavy (non-hydrogen) atoms. The monoisotopic (exact) mass is 314 g/mol. The normalized spacial score (nSPS) is 37.4. The number of likely N-dealkylation sites (tertiary alicyclic amines) is 1. The van der Waals surface area contributed by atoms with E-state index in [1.165, 1.54) is 25.7 Å². The van der Waals surface area contributed by atoms with Gasteiger partial charge in [-0.2, -0.15) is 0 Å². The zero-order valence-electron chi connectivity index (χ0n) is 13.8.